The molecule has 0 radical (unpaired) electrons. The molecule has 31 heavy (non-hydrogen) atoms. The number of phenolic OH excluding ortho intramolecular Hbond substituents is 1. The smallest absolute Gasteiger partial charge is 0.286 e. The predicted molar refractivity (Wildman–Crippen MR) is 121 cm³/mol. The molecule has 3 aliphatic rings. The standard InChI is InChI=1S/C24H33NO5S/c1-13-14(2)21-18(15(3)20(13)26)9-10-24(4,30-21)12-29-17-7-5-16(6-8-17)11-19-22(27)25-23(28)31-19/h16-17,19,26H,5-12H2,1-4H3,(H,25,27,28). The number of carbonyl (C=O) groups is 2. The zero-order valence-electron chi connectivity index (χ0n) is 18.9. The number of aromatic hydroxyl groups is 1. The molecule has 2 aliphatic heterocycles. The fourth-order valence-electron chi connectivity index (χ4n) is 5.08. The van der Waals surface area contributed by atoms with Crippen molar-refractivity contribution in [1.82, 2.24) is 5.32 Å². The van der Waals surface area contributed by atoms with Crippen LogP contribution in [0.5, 0.6) is 11.5 Å². The fraction of sp³-hybridized carbons (Fsp3) is 0.667. The molecule has 0 aromatic heterocycles. The maximum atomic E-state index is 11.8. The lowest BCUT2D eigenvalue weighted by molar-refractivity contribution is -0.119. The molecule has 0 bridgehead atoms. The number of amides is 2. The van der Waals surface area contributed by atoms with Gasteiger partial charge in [-0.25, -0.2) is 0 Å². The van der Waals surface area contributed by atoms with Crippen molar-refractivity contribution in [3.63, 3.8) is 0 Å². The minimum Gasteiger partial charge on any atom is -0.507 e. The highest BCUT2D eigenvalue weighted by atomic mass is 32.2. The number of hydrogen-bond donors (Lipinski definition) is 2. The Morgan fingerprint density at radius 2 is 1.84 bits per heavy atom. The molecule has 2 fully saturated rings. The van der Waals surface area contributed by atoms with Gasteiger partial charge in [-0.15, -0.1) is 0 Å². The Bertz CT molecular complexity index is 893. The van der Waals surface area contributed by atoms with Crippen molar-refractivity contribution in [3.8, 4) is 11.5 Å². The molecule has 2 amide bonds. The molecule has 170 valence electrons. The second kappa shape index (κ2) is 8.66. The molecule has 6 nitrogen and oxygen atoms in total. The van der Waals surface area contributed by atoms with Gasteiger partial charge in [0.25, 0.3) is 5.24 Å². The molecule has 2 N–H and O–H groups in total. The van der Waals surface area contributed by atoms with E-state index in [-0.39, 0.29) is 28.1 Å². The highest BCUT2D eigenvalue weighted by Gasteiger charge is 2.37. The van der Waals surface area contributed by atoms with Gasteiger partial charge in [-0.3, -0.25) is 14.9 Å². The van der Waals surface area contributed by atoms with Crippen LogP contribution >= 0.6 is 11.8 Å². The van der Waals surface area contributed by atoms with E-state index in [1.54, 1.807) is 0 Å². The first-order valence-corrected chi connectivity index (χ1v) is 12.2. The molecule has 2 heterocycles. The van der Waals surface area contributed by atoms with Crippen molar-refractivity contribution < 1.29 is 24.2 Å². The number of thioether (sulfide) groups is 1. The van der Waals surface area contributed by atoms with Crippen LogP contribution in [0.15, 0.2) is 0 Å². The molecule has 1 saturated carbocycles. The SMILES string of the molecule is Cc1c(C)c2c(c(C)c1O)CCC(C)(COC1CCC(CC3SC(=O)NC3=O)CC1)O2. The van der Waals surface area contributed by atoms with E-state index in [1.165, 1.54) is 0 Å². The summed E-state index contributed by atoms with van der Waals surface area (Å²) in [5.74, 6) is 1.64. The first kappa shape index (κ1) is 22.5. The van der Waals surface area contributed by atoms with Crippen molar-refractivity contribution in [1.29, 1.82) is 0 Å². The Balaban J connectivity index is 1.30. The molecule has 0 spiro atoms. The number of hydrogen-bond acceptors (Lipinski definition) is 6. The maximum absolute atomic E-state index is 11.8. The topological polar surface area (TPSA) is 84.9 Å². The van der Waals surface area contributed by atoms with Crippen LogP contribution in [0, 0.1) is 26.7 Å². The summed E-state index contributed by atoms with van der Waals surface area (Å²) in [6.07, 6.45) is 6.75. The zero-order valence-corrected chi connectivity index (χ0v) is 19.7. The Morgan fingerprint density at radius 3 is 2.48 bits per heavy atom. The van der Waals surface area contributed by atoms with Crippen LogP contribution < -0.4 is 10.1 Å². The summed E-state index contributed by atoms with van der Waals surface area (Å²) < 4.78 is 12.8. The highest BCUT2D eigenvalue weighted by molar-refractivity contribution is 8.15. The van der Waals surface area contributed by atoms with Crippen LogP contribution in [0.25, 0.3) is 0 Å². The lowest BCUT2D eigenvalue weighted by Crippen LogP contribution is -2.43. The van der Waals surface area contributed by atoms with Gasteiger partial charge in [-0.2, -0.15) is 0 Å². The lowest BCUT2D eigenvalue weighted by atomic mass is 9.84. The summed E-state index contributed by atoms with van der Waals surface area (Å²) in [6, 6.07) is 0. The van der Waals surface area contributed by atoms with E-state index in [9.17, 15) is 14.7 Å². The third kappa shape index (κ3) is 4.58. The molecule has 1 saturated heterocycles. The molecule has 4 rings (SSSR count). The molecule has 7 heteroatoms. The minimum atomic E-state index is -0.372. The number of fused-ring (bicyclic) bond motifs is 1. The van der Waals surface area contributed by atoms with E-state index in [1.807, 2.05) is 20.8 Å². The molecule has 2 unspecified atom stereocenters. The Labute approximate surface area is 188 Å². The summed E-state index contributed by atoms with van der Waals surface area (Å²) in [4.78, 5) is 23.2. The lowest BCUT2D eigenvalue weighted by Gasteiger charge is -2.39. The first-order valence-electron chi connectivity index (χ1n) is 11.3. The van der Waals surface area contributed by atoms with Gasteiger partial charge in [-0.05, 0) is 95.2 Å². The fourth-order valence-corrected chi connectivity index (χ4v) is 6.03. The first-order chi connectivity index (χ1) is 14.7. The van der Waals surface area contributed by atoms with Crippen LogP contribution in [0.4, 0.5) is 4.79 Å². The van der Waals surface area contributed by atoms with Crippen LogP contribution in [0.2, 0.25) is 0 Å². The van der Waals surface area contributed by atoms with Gasteiger partial charge in [0.2, 0.25) is 5.91 Å². The van der Waals surface area contributed by atoms with E-state index in [0.717, 1.165) is 84.7 Å². The van der Waals surface area contributed by atoms with E-state index >= 15 is 0 Å². The Hall–Kier alpha value is -1.73. The maximum Gasteiger partial charge on any atom is 0.286 e. The molecule has 1 aliphatic carbocycles. The van der Waals surface area contributed by atoms with Crippen molar-refractivity contribution in [2.75, 3.05) is 6.61 Å². The largest absolute Gasteiger partial charge is 0.507 e. The number of ether oxygens (including phenoxy) is 2. The molecular weight excluding hydrogens is 414 g/mol. The van der Waals surface area contributed by atoms with E-state index in [0.29, 0.717) is 18.3 Å². The number of rotatable bonds is 5. The van der Waals surface area contributed by atoms with E-state index < -0.39 is 0 Å². The summed E-state index contributed by atoms with van der Waals surface area (Å²) in [6.45, 7) is 8.58. The number of phenols is 1. The Morgan fingerprint density at radius 1 is 1.13 bits per heavy atom. The normalized spacial score (nSPS) is 30.6. The van der Waals surface area contributed by atoms with Crippen molar-refractivity contribution in [2.24, 2.45) is 5.92 Å². The third-order valence-corrected chi connectivity index (χ3v) is 8.33. The van der Waals surface area contributed by atoms with E-state index in [2.05, 4.69) is 12.2 Å². The van der Waals surface area contributed by atoms with Gasteiger partial charge in [0.15, 0.2) is 0 Å². The van der Waals surface area contributed by atoms with Gasteiger partial charge < -0.3 is 14.6 Å². The molecule has 1 aromatic carbocycles. The number of nitrogens with one attached hydrogen (secondary N) is 1. The molecular formula is C24H33NO5S. The number of benzene rings is 1. The highest BCUT2D eigenvalue weighted by Crippen LogP contribution is 2.43. The summed E-state index contributed by atoms with van der Waals surface area (Å²) >= 11 is 1.13. The minimum absolute atomic E-state index is 0.134. The molecule has 1 aromatic rings. The van der Waals surface area contributed by atoms with Crippen LogP contribution in [-0.4, -0.2) is 39.8 Å². The average molecular weight is 448 g/mol. The third-order valence-electron chi connectivity index (χ3n) is 7.33. The van der Waals surface area contributed by atoms with Gasteiger partial charge >= 0.3 is 0 Å². The monoisotopic (exact) mass is 447 g/mol. The van der Waals surface area contributed by atoms with Crippen LogP contribution in [-0.2, 0) is 16.0 Å². The zero-order chi connectivity index (χ0) is 22.3. The van der Waals surface area contributed by atoms with Crippen LogP contribution in [0.1, 0.15) is 67.7 Å². The van der Waals surface area contributed by atoms with Gasteiger partial charge in [0, 0.05) is 5.56 Å². The Kier molecular flexibility index (Phi) is 6.28. The van der Waals surface area contributed by atoms with Gasteiger partial charge in [0.1, 0.15) is 17.1 Å². The van der Waals surface area contributed by atoms with Crippen LogP contribution in [0.3, 0.4) is 0 Å². The molecule has 2 atom stereocenters. The van der Waals surface area contributed by atoms with Crippen molar-refractivity contribution >= 4 is 22.9 Å². The van der Waals surface area contributed by atoms with Gasteiger partial charge in [0.05, 0.1) is 18.0 Å². The quantitative estimate of drug-likeness (QED) is 0.679. The second-order valence-corrected chi connectivity index (χ2v) is 10.8. The average Bonchev–Trinajstić information content (AvgIpc) is 3.06. The van der Waals surface area contributed by atoms with E-state index in [4.69, 9.17) is 9.47 Å². The number of carbonyl (C=O) groups excluding carboxylic acids is 2. The summed E-state index contributed by atoms with van der Waals surface area (Å²) in [5, 5.41) is 12.3. The number of imide groups is 1. The summed E-state index contributed by atoms with van der Waals surface area (Å²) in [5.41, 5.74) is 3.57. The van der Waals surface area contributed by atoms with Gasteiger partial charge in [-0.1, -0.05) is 11.8 Å². The predicted octanol–water partition coefficient (Wildman–Crippen LogP) is 4.72. The van der Waals surface area contributed by atoms with Crippen molar-refractivity contribution in [3.05, 3.63) is 22.3 Å². The second-order valence-electron chi connectivity index (χ2n) is 9.66. The summed E-state index contributed by atoms with van der Waals surface area (Å²) in [7, 11) is 0. The van der Waals surface area contributed by atoms with Crippen molar-refractivity contribution in [2.45, 2.75) is 89.6 Å².